The van der Waals surface area contributed by atoms with E-state index >= 15 is 0 Å². The molecule has 2 heterocycles. The van der Waals surface area contributed by atoms with Gasteiger partial charge in [0.15, 0.2) is 6.29 Å². The maximum Gasteiger partial charge on any atom is 0.158 e. The first-order chi connectivity index (χ1) is 11.1. The van der Waals surface area contributed by atoms with Gasteiger partial charge in [-0.05, 0) is 43.9 Å². The van der Waals surface area contributed by atoms with E-state index in [0.29, 0.717) is 10.0 Å². The van der Waals surface area contributed by atoms with Crippen LogP contribution in [-0.2, 0) is 15.9 Å². The third kappa shape index (κ3) is 4.48. The molecule has 1 aromatic heterocycles. The Kier molecular flexibility index (Phi) is 5.59. The van der Waals surface area contributed by atoms with Crippen molar-refractivity contribution in [1.29, 1.82) is 0 Å². The number of aromatic amines is 1. The molecule has 6 heteroatoms. The number of H-pyrrole nitrogens is 1. The first kappa shape index (κ1) is 16.8. The molecule has 3 rings (SSSR count). The molecule has 0 radical (unpaired) electrons. The molecule has 0 bridgehead atoms. The normalized spacial score (nSPS) is 22.9. The van der Waals surface area contributed by atoms with Crippen molar-refractivity contribution in [2.24, 2.45) is 0 Å². The van der Waals surface area contributed by atoms with E-state index in [1.165, 1.54) is 0 Å². The van der Waals surface area contributed by atoms with Crippen molar-refractivity contribution in [3.8, 4) is 0 Å². The summed E-state index contributed by atoms with van der Waals surface area (Å²) in [5.41, 5.74) is 0.924. The van der Waals surface area contributed by atoms with Crippen LogP contribution in [0.2, 0.25) is 10.0 Å². The molecule has 1 unspecified atom stereocenters. The van der Waals surface area contributed by atoms with E-state index in [1.807, 2.05) is 25.3 Å². The molecule has 1 aliphatic rings. The lowest BCUT2D eigenvalue weighted by atomic mass is 10.0. The second-order valence-corrected chi connectivity index (χ2v) is 6.65. The number of nitrogens with zero attached hydrogens (tertiary/aromatic N) is 1. The molecule has 0 spiro atoms. The zero-order valence-electron chi connectivity index (χ0n) is 13.0. The Bertz CT molecular complexity index is 634. The summed E-state index contributed by atoms with van der Waals surface area (Å²) in [6.07, 6.45) is 7.14. The largest absolute Gasteiger partial charge is 0.349 e. The number of benzene rings is 1. The van der Waals surface area contributed by atoms with E-state index < -0.39 is 0 Å². The van der Waals surface area contributed by atoms with Gasteiger partial charge in [0.25, 0.3) is 0 Å². The molecule has 1 N–H and O–H groups in total. The molecule has 1 saturated heterocycles. The predicted molar refractivity (Wildman–Crippen MR) is 90.8 cm³/mol. The Balaban J connectivity index is 1.58. The van der Waals surface area contributed by atoms with E-state index in [1.54, 1.807) is 12.3 Å². The van der Waals surface area contributed by atoms with Crippen molar-refractivity contribution >= 4 is 23.2 Å². The van der Waals surface area contributed by atoms with Crippen LogP contribution >= 0.6 is 23.2 Å². The quantitative estimate of drug-likeness (QED) is 0.827. The summed E-state index contributed by atoms with van der Waals surface area (Å²) in [6.45, 7) is 1.98. The maximum absolute atomic E-state index is 6.25. The zero-order chi connectivity index (χ0) is 16.2. The number of rotatable bonds is 5. The molecule has 23 heavy (non-hydrogen) atoms. The van der Waals surface area contributed by atoms with Crippen LogP contribution < -0.4 is 0 Å². The summed E-state index contributed by atoms with van der Waals surface area (Å²) >= 11 is 12.2. The van der Waals surface area contributed by atoms with Gasteiger partial charge in [-0.2, -0.15) is 0 Å². The van der Waals surface area contributed by atoms with E-state index in [-0.39, 0.29) is 18.5 Å². The highest BCUT2D eigenvalue weighted by atomic mass is 35.5. The predicted octanol–water partition coefficient (Wildman–Crippen LogP) is 4.93. The molecule has 124 valence electrons. The first-order valence-corrected chi connectivity index (χ1v) is 8.61. The summed E-state index contributed by atoms with van der Waals surface area (Å²) in [6, 6.07) is 5.46. The summed E-state index contributed by atoms with van der Waals surface area (Å²) in [5.74, 6) is 0.949. The lowest BCUT2D eigenvalue weighted by Crippen LogP contribution is -2.32. The van der Waals surface area contributed by atoms with Crippen molar-refractivity contribution in [2.75, 3.05) is 0 Å². The monoisotopic (exact) mass is 354 g/mol. The third-order valence-corrected chi connectivity index (χ3v) is 4.60. The Morgan fingerprint density at radius 3 is 3.00 bits per heavy atom. The van der Waals surface area contributed by atoms with Crippen LogP contribution in [0.4, 0.5) is 0 Å². The second kappa shape index (κ2) is 7.67. The van der Waals surface area contributed by atoms with Gasteiger partial charge < -0.3 is 14.5 Å². The number of hydrogen-bond acceptors (Lipinski definition) is 3. The molecule has 3 atom stereocenters. The minimum atomic E-state index is -0.217. The average Bonchev–Trinajstić information content (AvgIpc) is 3.00. The lowest BCUT2D eigenvalue weighted by Gasteiger charge is -2.31. The van der Waals surface area contributed by atoms with Gasteiger partial charge in [-0.15, -0.1) is 0 Å². The number of halogens is 2. The minimum absolute atomic E-state index is 0.132. The molecular formula is C17H20Cl2N2O2. The van der Waals surface area contributed by atoms with Crippen LogP contribution in [-0.4, -0.2) is 22.4 Å². The van der Waals surface area contributed by atoms with Gasteiger partial charge >= 0.3 is 0 Å². The van der Waals surface area contributed by atoms with Gasteiger partial charge in [-0.3, -0.25) is 0 Å². The highest BCUT2D eigenvalue weighted by molar-refractivity contribution is 6.35. The van der Waals surface area contributed by atoms with Crippen LogP contribution in [0.15, 0.2) is 30.6 Å². The van der Waals surface area contributed by atoms with Crippen LogP contribution in [0.1, 0.15) is 43.7 Å². The average molecular weight is 355 g/mol. The van der Waals surface area contributed by atoms with Gasteiger partial charge in [0.05, 0.1) is 12.2 Å². The Hall–Kier alpha value is -1.07. The summed E-state index contributed by atoms with van der Waals surface area (Å²) in [4.78, 5) is 7.37. The first-order valence-electron chi connectivity index (χ1n) is 7.86. The van der Waals surface area contributed by atoms with E-state index in [0.717, 1.165) is 37.1 Å². The highest BCUT2D eigenvalue weighted by Crippen LogP contribution is 2.31. The van der Waals surface area contributed by atoms with E-state index in [4.69, 9.17) is 32.7 Å². The Morgan fingerprint density at radius 2 is 2.26 bits per heavy atom. The summed E-state index contributed by atoms with van der Waals surface area (Å²) in [7, 11) is 0. The fourth-order valence-corrected chi connectivity index (χ4v) is 3.43. The molecule has 0 aliphatic carbocycles. The van der Waals surface area contributed by atoms with Crippen LogP contribution in [0, 0.1) is 0 Å². The number of ether oxygens (including phenoxy) is 2. The Labute approximate surface area is 146 Å². The van der Waals surface area contributed by atoms with Crippen molar-refractivity contribution in [1.82, 2.24) is 9.97 Å². The molecule has 0 amide bonds. The molecular weight excluding hydrogens is 335 g/mol. The fourth-order valence-electron chi connectivity index (χ4n) is 2.87. The lowest BCUT2D eigenvalue weighted by molar-refractivity contribution is -0.213. The molecule has 2 aromatic rings. The molecule has 0 saturated carbocycles. The van der Waals surface area contributed by atoms with E-state index in [9.17, 15) is 0 Å². The highest BCUT2D eigenvalue weighted by Gasteiger charge is 2.26. The van der Waals surface area contributed by atoms with Crippen molar-refractivity contribution < 1.29 is 9.47 Å². The van der Waals surface area contributed by atoms with Crippen LogP contribution in [0.3, 0.4) is 0 Å². The fraction of sp³-hybridized carbons (Fsp3) is 0.471. The van der Waals surface area contributed by atoms with Gasteiger partial charge in [0.2, 0.25) is 0 Å². The minimum Gasteiger partial charge on any atom is -0.349 e. The van der Waals surface area contributed by atoms with Gasteiger partial charge in [-0.25, -0.2) is 4.98 Å². The summed E-state index contributed by atoms with van der Waals surface area (Å²) in [5, 5.41) is 1.24. The van der Waals surface area contributed by atoms with Crippen LogP contribution in [0.5, 0.6) is 0 Å². The maximum atomic E-state index is 6.25. The molecule has 4 nitrogen and oxygen atoms in total. The SMILES string of the molecule is CC(O[C@H]1CCC[C@H](Cc2ncc[nH]2)O1)c1ccc(Cl)cc1Cl. The molecule has 1 aromatic carbocycles. The van der Waals surface area contributed by atoms with Crippen LogP contribution in [0.25, 0.3) is 0 Å². The van der Waals surface area contributed by atoms with E-state index in [2.05, 4.69) is 9.97 Å². The smallest absolute Gasteiger partial charge is 0.158 e. The Morgan fingerprint density at radius 1 is 1.39 bits per heavy atom. The topological polar surface area (TPSA) is 47.1 Å². The summed E-state index contributed by atoms with van der Waals surface area (Å²) < 4.78 is 12.1. The van der Waals surface area contributed by atoms with Crippen molar-refractivity contribution in [2.45, 2.75) is 51.1 Å². The second-order valence-electron chi connectivity index (χ2n) is 5.80. The zero-order valence-corrected chi connectivity index (χ0v) is 14.5. The number of aromatic nitrogens is 2. The standard InChI is InChI=1S/C17H20Cl2N2O2/c1-11(14-6-5-12(18)9-15(14)19)22-17-4-2-3-13(23-17)10-16-20-7-8-21-16/h5-9,11,13,17H,2-4,10H2,1H3,(H,20,21)/t11?,13-,17-/m1/s1. The van der Waals surface area contributed by atoms with Gasteiger partial charge in [0.1, 0.15) is 5.82 Å². The third-order valence-electron chi connectivity index (χ3n) is 4.04. The van der Waals surface area contributed by atoms with Gasteiger partial charge in [-0.1, -0.05) is 29.3 Å². The van der Waals surface area contributed by atoms with Gasteiger partial charge in [0, 0.05) is 28.9 Å². The van der Waals surface area contributed by atoms with Crippen molar-refractivity contribution in [3.63, 3.8) is 0 Å². The molecule has 1 aliphatic heterocycles. The number of imidazole rings is 1. The molecule has 1 fully saturated rings. The number of hydrogen-bond donors (Lipinski definition) is 1. The van der Waals surface area contributed by atoms with Crippen molar-refractivity contribution in [3.05, 3.63) is 52.0 Å². The number of nitrogens with one attached hydrogen (secondary N) is 1.